The molecule has 1 aliphatic rings. The second-order valence-electron chi connectivity index (χ2n) is 5.78. The van der Waals surface area contributed by atoms with Gasteiger partial charge in [-0.2, -0.15) is 0 Å². The van der Waals surface area contributed by atoms with Gasteiger partial charge in [0.1, 0.15) is 5.82 Å². The molecule has 1 fully saturated rings. The molecule has 0 atom stereocenters. The van der Waals surface area contributed by atoms with Crippen LogP contribution in [0.5, 0.6) is 0 Å². The van der Waals surface area contributed by atoms with Crippen molar-refractivity contribution in [1.29, 1.82) is 0 Å². The predicted octanol–water partition coefficient (Wildman–Crippen LogP) is 2.73. The Bertz CT molecular complexity index is 397. The molecule has 0 saturated heterocycles. The molecule has 2 rings (SSSR count). The van der Waals surface area contributed by atoms with Crippen LogP contribution in [0.1, 0.15) is 37.9 Å². The van der Waals surface area contributed by atoms with E-state index in [9.17, 15) is 0 Å². The summed E-state index contributed by atoms with van der Waals surface area (Å²) in [5, 5.41) is 3.22. The van der Waals surface area contributed by atoms with Crippen LogP contribution >= 0.6 is 0 Å². The highest BCUT2D eigenvalue weighted by molar-refractivity contribution is 5.45. The lowest BCUT2D eigenvalue weighted by molar-refractivity contribution is 0.602. The van der Waals surface area contributed by atoms with E-state index in [1.807, 2.05) is 7.05 Å². The Morgan fingerprint density at radius 2 is 2.11 bits per heavy atom. The Kier molecular flexibility index (Phi) is 4.23. The van der Waals surface area contributed by atoms with Gasteiger partial charge in [-0.1, -0.05) is 13.8 Å². The van der Waals surface area contributed by atoms with Gasteiger partial charge in [-0.25, -0.2) is 4.98 Å². The van der Waals surface area contributed by atoms with E-state index < -0.39 is 0 Å². The molecule has 1 aromatic rings. The monoisotopic (exact) mass is 247 g/mol. The number of hydrogen-bond donors (Lipinski definition) is 1. The molecule has 3 nitrogen and oxygen atoms in total. The summed E-state index contributed by atoms with van der Waals surface area (Å²) < 4.78 is 0. The summed E-state index contributed by atoms with van der Waals surface area (Å²) in [5.41, 5.74) is 2.45. The molecule has 1 aliphatic carbocycles. The summed E-state index contributed by atoms with van der Waals surface area (Å²) in [5.74, 6) is 1.84. The lowest BCUT2D eigenvalue weighted by Gasteiger charge is -2.26. The zero-order valence-corrected chi connectivity index (χ0v) is 12.0. The van der Waals surface area contributed by atoms with Crippen LogP contribution in [0.3, 0.4) is 0 Å². The Balaban J connectivity index is 2.22. The van der Waals surface area contributed by atoms with E-state index in [1.165, 1.54) is 18.4 Å². The van der Waals surface area contributed by atoms with Crippen LogP contribution in [0.2, 0.25) is 0 Å². The SMILES string of the molecule is CNCc1cc(C)nc(N(CC(C)C)C2CC2)c1. The molecule has 0 bridgehead atoms. The molecule has 100 valence electrons. The second-order valence-corrected chi connectivity index (χ2v) is 5.78. The molecular formula is C15H25N3. The van der Waals surface area contributed by atoms with Gasteiger partial charge in [0.05, 0.1) is 0 Å². The molecule has 0 amide bonds. The lowest BCUT2D eigenvalue weighted by atomic mass is 10.1. The Morgan fingerprint density at radius 3 is 2.67 bits per heavy atom. The highest BCUT2D eigenvalue weighted by Crippen LogP contribution is 2.31. The van der Waals surface area contributed by atoms with Crippen molar-refractivity contribution < 1.29 is 0 Å². The third-order valence-corrected chi connectivity index (χ3v) is 3.22. The standard InChI is InChI=1S/C15H25N3/c1-11(2)10-18(14-5-6-14)15-8-13(9-16-4)7-12(3)17-15/h7-8,11,14,16H,5-6,9-10H2,1-4H3. The first-order valence-corrected chi connectivity index (χ1v) is 6.99. The maximum absolute atomic E-state index is 4.73. The van der Waals surface area contributed by atoms with Crippen molar-refractivity contribution in [3.8, 4) is 0 Å². The molecule has 1 N–H and O–H groups in total. The van der Waals surface area contributed by atoms with Gasteiger partial charge in [0.2, 0.25) is 0 Å². The van der Waals surface area contributed by atoms with Gasteiger partial charge in [0.15, 0.2) is 0 Å². The molecule has 0 aromatic carbocycles. The number of hydrogen-bond acceptors (Lipinski definition) is 3. The lowest BCUT2D eigenvalue weighted by Crippen LogP contribution is -2.31. The first-order valence-electron chi connectivity index (χ1n) is 6.99. The molecule has 0 radical (unpaired) electrons. The Hall–Kier alpha value is -1.09. The quantitative estimate of drug-likeness (QED) is 0.838. The number of aryl methyl sites for hydroxylation is 1. The van der Waals surface area contributed by atoms with E-state index >= 15 is 0 Å². The van der Waals surface area contributed by atoms with Crippen LogP contribution in [0.4, 0.5) is 5.82 Å². The zero-order chi connectivity index (χ0) is 13.1. The van der Waals surface area contributed by atoms with Crippen LogP contribution in [0.25, 0.3) is 0 Å². The fraction of sp³-hybridized carbons (Fsp3) is 0.667. The molecule has 1 aromatic heterocycles. The third-order valence-electron chi connectivity index (χ3n) is 3.22. The summed E-state index contributed by atoms with van der Waals surface area (Å²) in [4.78, 5) is 7.23. The van der Waals surface area contributed by atoms with Crippen LogP contribution in [-0.4, -0.2) is 24.6 Å². The van der Waals surface area contributed by atoms with Gasteiger partial charge >= 0.3 is 0 Å². The first kappa shape index (κ1) is 13.3. The van der Waals surface area contributed by atoms with Gasteiger partial charge in [-0.3, -0.25) is 0 Å². The highest BCUT2D eigenvalue weighted by Gasteiger charge is 2.30. The summed E-state index contributed by atoms with van der Waals surface area (Å²) in [6.07, 6.45) is 2.65. The fourth-order valence-electron chi connectivity index (χ4n) is 2.38. The number of anilines is 1. The molecule has 0 aliphatic heterocycles. The van der Waals surface area contributed by atoms with E-state index in [0.717, 1.165) is 30.6 Å². The number of nitrogens with zero attached hydrogens (tertiary/aromatic N) is 2. The van der Waals surface area contributed by atoms with Crippen molar-refractivity contribution in [2.45, 2.75) is 46.2 Å². The van der Waals surface area contributed by atoms with Crippen molar-refractivity contribution in [2.24, 2.45) is 5.92 Å². The average molecular weight is 247 g/mol. The van der Waals surface area contributed by atoms with Crippen molar-refractivity contribution >= 4 is 5.82 Å². The maximum Gasteiger partial charge on any atom is 0.129 e. The fourth-order valence-corrected chi connectivity index (χ4v) is 2.38. The number of aromatic nitrogens is 1. The van der Waals surface area contributed by atoms with E-state index in [0.29, 0.717) is 5.92 Å². The molecular weight excluding hydrogens is 222 g/mol. The number of nitrogens with one attached hydrogen (secondary N) is 1. The van der Waals surface area contributed by atoms with E-state index in [4.69, 9.17) is 4.98 Å². The molecule has 18 heavy (non-hydrogen) atoms. The van der Waals surface area contributed by atoms with Crippen molar-refractivity contribution in [2.75, 3.05) is 18.5 Å². The normalized spacial score (nSPS) is 15.2. The average Bonchev–Trinajstić information content (AvgIpc) is 3.09. The third kappa shape index (κ3) is 3.45. The van der Waals surface area contributed by atoms with Crippen LogP contribution < -0.4 is 10.2 Å². The predicted molar refractivity (Wildman–Crippen MR) is 76.9 cm³/mol. The van der Waals surface area contributed by atoms with Crippen molar-refractivity contribution in [3.05, 3.63) is 23.4 Å². The maximum atomic E-state index is 4.73. The Labute approximate surface area is 111 Å². The molecule has 1 saturated carbocycles. The molecule has 0 spiro atoms. The van der Waals surface area contributed by atoms with Crippen LogP contribution in [-0.2, 0) is 6.54 Å². The van der Waals surface area contributed by atoms with Gasteiger partial charge < -0.3 is 10.2 Å². The number of rotatable bonds is 6. The van der Waals surface area contributed by atoms with Crippen LogP contribution in [0.15, 0.2) is 12.1 Å². The molecule has 0 unspecified atom stereocenters. The topological polar surface area (TPSA) is 28.2 Å². The smallest absolute Gasteiger partial charge is 0.129 e. The summed E-state index contributed by atoms with van der Waals surface area (Å²) in [6, 6.07) is 5.13. The molecule has 1 heterocycles. The van der Waals surface area contributed by atoms with E-state index in [1.54, 1.807) is 0 Å². The van der Waals surface area contributed by atoms with Gasteiger partial charge in [-0.15, -0.1) is 0 Å². The van der Waals surface area contributed by atoms with Crippen LogP contribution in [0, 0.1) is 12.8 Å². The minimum atomic E-state index is 0.681. The van der Waals surface area contributed by atoms with Gasteiger partial charge in [-0.05, 0) is 50.4 Å². The first-order chi connectivity index (χ1) is 8.60. The van der Waals surface area contributed by atoms with E-state index in [2.05, 4.69) is 43.1 Å². The summed E-state index contributed by atoms with van der Waals surface area (Å²) in [6.45, 7) is 8.67. The number of pyridine rings is 1. The van der Waals surface area contributed by atoms with Gasteiger partial charge in [0, 0.05) is 24.8 Å². The molecule has 3 heteroatoms. The second kappa shape index (κ2) is 5.70. The largest absolute Gasteiger partial charge is 0.353 e. The minimum Gasteiger partial charge on any atom is -0.353 e. The highest BCUT2D eigenvalue weighted by atomic mass is 15.2. The van der Waals surface area contributed by atoms with Crippen molar-refractivity contribution in [1.82, 2.24) is 10.3 Å². The summed E-state index contributed by atoms with van der Waals surface area (Å²) >= 11 is 0. The minimum absolute atomic E-state index is 0.681. The zero-order valence-electron chi connectivity index (χ0n) is 12.0. The van der Waals surface area contributed by atoms with Gasteiger partial charge in [0.25, 0.3) is 0 Å². The Morgan fingerprint density at radius 1 is 1.39 bits per heavy atom. The van der Waals surface area contributed by atoms with E-state index in [-0.39, 0.29) is 0 Å². The summed E-state index contributed by atoms with van der Waals surface area (Å²) in [7, 11) is 1.99. The van der Waals surface area contributed by atoms with Crippen molar-refractivity contribution in [3.63, 3.8) is 0 Å².